The first-order valence-corrected chi connectivity index (χ1v) is 5.84. The molecular formula is C12H14N4O2. The highest BCUT2D eigenvalue weighted by molar-refractivity contribution is 5.68. The lowest BCUT2D eigenvalue weighted by Gasteiger charge is -2.11. The van der Waals surface area contributed by atoms with Crippen molar-refractivity contribution in [2.24, 2.45) is 5.92 Å². The zero-order valence-electron chi connectivity index (χ0n) is 9.85. The number of benzene rings is 1. The summed E-state index contributed by atoms with van der Waals surface area (Å²) < 4.78 is 0. The molecule has 0 aliphatic carbocycles. The van der Waals surface area contributed by atoms with E-state index in [0.717, 1.165) is 19.5 Å². The summed E-state index contributed by atoms with van der Waals surface area (Å²) in [5.41, 5.74) is 0.381. The number of nitro benzene ring substituents is 1. The minimum atomic E-state index is -0.506. The van der Waals surface area contributed by atoms with E-state index in [1.165, 1.54) is 6.07 Å². The molecule has 1 aromatic rings. The van der Waals surface area contributed by atoms with Crippen LogP contribution in [-0.4, -0.2) is 24.6 Å². The summed E-state index contributed by atoms with van der Waals surface area (Å²) in [6.45, 7) is 2.61. The van der Waals surface area contributed by atoms with E-state index in [1.54, 1.807) is 12.1 Å². The normalized spacial score (nSPS) is 18.3. The average molecular weight is 246 g/mol. The molecule has 2 rings (SSSR count). The van der Waals surface area contributed by atoms with Crippen molar-refractivity contribution in [2.75, 3.05) is 25.0 Å². The number of rotatable bonds is 4. The molecule has 1 aliphatic heterocycles. The van der Waals surface area contributed by atoms with E-state index in [0.29, 0.717) is 18.2 Å². The predicted octanol–water partition coefficient (Wildman–Crippen LogP) is 1.49. The van der Waals surface area contributed by atoms with Crippen LogP contribution in [0.4, 0.5) is 11.4 Å². The number of hydrogen-bond donors (Lipinski definition) is 2. The molecule has 0 saturated carbocycles. The molecule has 0 amide bonds. The van der Waals surface area contributed by atoms with Crippen LogP contribution in [0.2, 0.25) is 0 Å². The topological polar surface area (TPSA) is 91.0 Å². The Morgan fingerprint density at radius 1 is 1.61 bits per heavy atom. The van der Waals surface area contributed by atoms with E-state index in [2.05, 4.69) is 10.6 Å². The molecular weight excluding hydrogens is 232 g/mol. The highest BCUT2D eigenvalue weighted by Gasteiger charge is 2.21. The van der Waals surface area contributed by atoms with Crippen LogP contribution in [0, 0.1) is 27.4 Å². The molecule has 1 saturated heterocycles. The minimum Gasteiger partial charge on any atom is -0.379 e. The third kappa shape index (κ3) is 2.57. The molecule has 6 nitrogen and oxygen atoms in total. The third-order valence-electron chi connectivity index (χ3n) is 3.08. The smallest absolute Gasteiger partial charge is 0.309 e. The van der Waals surface area contributed by atoms with Crippen LogP contribution in [0.25, 0.3) is 0 Å². The van der Waals surface area contributed by atoms with Crippen LogP contribution in [0.3, 0.4) is 0 Å². The van der Waals surface area contributed by atoms with Crippen molar-refractivity contribution >= 4 is 11.4 Å². The second-order valence-electron chi connectivity index (χ2n) is 4.31. The first-order valence-electron chi connectivity index (χ1n) is 5.84. The molecule has 6 heteroatoms. The van der Waals surface area contributed by atoms with Crippen molar-refractivity contribution < 1.29 is 4.92 Å². The summed E-state index contributed by atoms with van der Waals surface area (Å²) in [6, 6.07) is 6.60. The lowest BCUT2D eigenvalue weighted by atomic mass is 10.1. The molecule has 1 atom stereocenters. The standard InChI is InChI=1S/C12H14N4O2/c13-6-10-2-1-3-11(12(10)16(17)18)15-8-9-4-5-14-7-9/h1-3,9,14-15H,4-5,7-8H2. The molecule has 0 aromatic heterocycles. The second kappa shape index (κ2) is 5.47. The van der Waals surface area contributed by atoms with E-state index in [1.807, 2.05) is 6.07 Å². The molecule has 2 N–H and O–H groups in total. The summed E-state index contributed by atoms with van der Waals surface area (Å²) in [6.07, 6.45) is 1.07. The lowest BCUT2D eigenvalue weighted by molar-refractivity contribution is -0.384. The molecule has 94 valence electrons. The van der Waals surface area contributed by atoms with Gasteiger partial charge in [-0.15, -0.1) is 0 Å². The maximum atomic E-state index is 11.0. The van der Waals surface area contributed by atoms with Gasteiger partial charge in [0.2, 0.25) is 0 Å². The first-order chi connectivity index (χ1) is 8.72. The Hall–Kier alpha value is -2.13. The number of anilines is 1. The Labute approximate surface area is 105 Å². The van der Waals surface area contributed by atoms with Gasteiger partial charge in [-0.2, -0.15) is 5.26 Å². The zero-order valence-corrected chi connectivity index (χ0v) is 9.85. The van der Waals surface area contributed by atoms with Gasteiger partial charge in [-0.3, -0.25) is 10.1 Å². The van der Waals surface area contributed by atoms with Gasteiger partial charge in [0.05, 0.1) is 4.92 Å². The van der Waals surface area contributed by atoms with E-state index in [4.69, 9.17) is 5.26 Å². The Kier molecular flexibility index (Phi) is 3.75. The van der Waals surface area contributed by atoms with Gasteiger partial charge in [0, 0.05) is 6.54 Å². The molecule has 18 heavy (non-hydrogen) atoms. The Balaban J connectivity index is 2.16. The molecule has 1 heterocycles. The van der Waals surface area contributed by atoms with Crippen molar-refractivity contribution in [3.05, 3.63) is 33.9 Å². The Morgan fingerprint density at radius 3 is 3.06 bits per heavy atom. The van der Waals surface area contributed by atoms with Gasteiger partial charge in [-0.25, -0.2) is 0 Å². The van der Waals surface area contributed by atoms with Crippen molar-refractivity contribution in [3.8, 4) is 6.07 Å². The number of nitrogens with one attached hydrogen (secondary N) is 2. The lowest BCUT2D eigenvalue weighted by Crippen LogP contribution is -2.17. The molecule has 0 bridgehead atoms. The first kappa shape index (κ1) is 12.3. The van der Waals surface area contributed by atoms with Crippen molar-refractivity contribution in [1.29, 1.82) is 5.26 Å². The third-order valence-corrected chi connectivity index (χ3v) is 3.08. The monoisotopic (exact) mass is 246 g/mol. The molecule has 1 aliphatic rings. The summed E-state index contributed by atoms with van der Waals surface area (Å²) in [5.74, 6) is 0.482. The molecule has 1 fully saturated rings. The van der Waals surface area contributed by atoms with Crippen LogP contribution < -0.4 is 10.6 Å². The summed E-state index contributed by atoms with van der Waals surface area (Å²) in [4.78, 5) is 10.5. The van der Waals surface area contributed by atoms with Gasteiger partial charge in [0.25, 0.3) is 0 Å². The zero-order chi connectivity index (χ0) is 13.0. The van der Waals surface area contributed by atoms with Crippen LogP contribution in [0.15, 0.2) is 18.2 Å². The SMILES string of the molecule is N#Cc1cccc(NCC2CCNC2)c1[N+](=O)[O-]. The van der Waals surface area contributed by atoms with Gasteiger partial charge < -0.3 is 10.6 Å². The Bertz CT molecular complexity index is 489. The number of nitro groups is 1. The molecule has 1 aromatic carbocycles. The van der Waals surface area contributed by atoms with Crippen LogP contribution in [-0.2, 0) is 0 Å². The van der Waals surface area contributed by atoms with Gasteiger partial charge in [-0.05, 0) is 37.6 Å². The van der Waals surface area contributed by atoms with Crippen molar-refractivity contribution in [1.82, 2.24) is 5.32 Å². The fourth-order valence-electron chi connectivity index (χ4n) is 2.12. The number of nitrogens with zero attached hydrogens (tertiary/aromatic N) is 2. The van der Waals surface area contributed by atoms with Crippen molar-refractivity contribution in [3.63, 3.8) is 0 Å². The fraction of sp³-hybridized carbons (Fsp3) is 0.417. The van der Waals surface area contributed by atoms with E-state index in [-0.39, 0.29) is 11.3 Å². The van der Waals surface area contributed by atoms with Gasteiger partial charge in [-0.1, -0.05) is 6.07 Å². The number of nitriles is 1. The van der Waals surface area contributed by atoms with E-state index < -0.39 is 4.92 Å². The van der Waals surface area contributed by atoms with Gasteiger partial charge >= 0.3 is 5.69 Å². The minimum absolute atomic E-state index is 0.0922. The van der Waals surface area contributed by atoms with Gasteiger partial charge in [0.1, 0.15) is 17.3 Å². The van der Waals surface area contributed by atoms with E-state index in [9.17, 15) is 10.1 Å². The largest absolute Gasteiger partial charge is 0.379 e. The average Bonchev–Trinajstić information content (AvgIpc) is 2.88. The number of para-hydroxylation sites is 1. The summed E-state index contributed by atoms with van der Waals surface area (Å²) in [5, 5.41) is 26.2. The quantitative estimate of drug-likeness (QED) is 0.620. The summed E-state index contributed by atoms with van der Waals surface area (Å²) >= 11 is 0. The summed E-state index contributed by atoms with van der Waals surface area (Å²) in [7, 11) is 0. The maximum absolute atomic E-state index is 11.0. The highest BCUT2D eigenvalue weighted by atomic mass is 16.6. The molecule has 0 radical (unpaired) electrons. The fourth-order valence-corrected chi connectivity index (χ4v) is 2.12. The van der Waals surface area contributed by atoms with Gasteiger partial charge in [0.15, 0.2) is 0 Å². The highest BCUT2D eigenvalue weighted by Crippen LogP contribution is 2.28. The Morgan fingerprint density at radius 2 is 2.44 bits per heavy atom. The van der Waals surface area contributed by atoms with Crippen molar-refractivity contribution in [2.45, 2.75) is 6.42 Å². The van der Waals surface area contributed by atoms with Crippen LogP contribution in [0.1, 0.15) is 12.0 Å². The molecule has 0 spiro atoms. The number of hydrogen-bond acceptors (Lipinski definition) is 5. The van der Waals surface area contributed by atoms with Crippen LogP contribution >= 0.6 is 0 Å². The second-order valence-corrected chi connectivity index (χ2v) is 4.31. The van der Waals surface area contributed by atoms with Crippen LogP contribution in [0.5, 0.6) is 0 Å². The van der Waals surface area contributed by atoms with E-state index >= 15 is 0 Å². The predicted molar refractivity (Wildman–Crippen MR) is 67.3 cm³/mol. The maximum Gasteiger partial charge on any atom is 0.309 e. The molecule has 1 unspecified atom stereocenters.